The van der Waals surface area contributed by atoms with Gasteiger partial charge in [-0.3, -0.25) is 0 Å². The average molecular weight is 687 g/mol. The highest BCUT2D eigenvalue weighted by Crippen LogP contribution is 2.45. The molecule has 8 aromatic carbocycles. The van der Waals surface area contributed by atoms with Crippen LogP contribution in [0, 0.1) is 22.7 Å². The van der Waals surface area contributed by atoms with Crippen molar-refractivity contribution in [1.29, 1.82) is 10.5 Å². The number of rotatable bonds is 5. The van der Waals surface area contributed by atoms with Gasteiger partial charge in [0.2, 0.25) is 0 Å². The summed E-state index contributed by atoms with van der Waals surface area (Å²) in [5.41, 5.74) is 13.3. The molecule has 0 aliphatic heterocycles. The maximum atomic E-state index is 10.6. The van der Waals surface area contributed by atoms with Crippen molar-refractivity contribution in [2.75, 3.05) is 0 Å². The molecule has 0 spiro atoms. The molecule has 10 aromatic rings. The first-order valence-electron chi connectivity index (χ1n) is 18.0. The van der Waals surface area contributed by atoms with Crippen LogP contribution in [0.2, 0.25) is 0 Å². The van der Waals surface area contributed by atoms with Crippen LogP contribution in [0.1, 0.15) is 11.1 Å². The summed E-state index contributed by atoms with van der Waals surface area (Å²) in [7, 11) is 0. The molecule has 4 nitrogen and oxygen atoms in total. The Bertz CT molecular complexity index is 3060. The van der Waals surface area contributed by atoms with E-state index in [4.69, 9.17) is 0 Å². The van der Waals surface area contributed by atoms with Crippen molar-refractivity contribution in [3.05, 3.63) is 193 Å². The van der Waals surface area contributed by atoms with Gasteiger partial charge < -0.3 is 9.13 Å². The van der Waals surface area contributed by atoms with Crippen LogP contribution in [0.15, 0.2) is 182 Å². The highest BCUT2D eigenvalue weighted by molar-refractivity contribution is 6.18. The summed E-state index contributed by atoms with van der Waals surface area (Å²) in [4.78, 5) is 0. The normalized spacial score (nSPS) is 11.3. The molecule has 10 rings (SSSR count). The Balaban J connectivity index is 1.39. The summed E-state index contributed by atoms with van der Waals surface area (Å²) in [6.07, 6.45) is 0. The first kappa shape index (κ1) is 31.1. The Morgan fingerprint density at radius 3 is 1.57 bits per heavy atom. The fourth-order valence-electron chi connectivity index (χ4n) is 8.17. The van der Waals surface area contributed by atoms with Gasteiger partial charge in [-0.05, 0) is 89.0 Å². The second kappa shape index (κ2) is 12.5. The van der Waals surface area contributed by atoms with E-state index in [1.807, 2.05) is 24.3 Å². The van der Waals surface area contributed by atoms with Gasteiger partial charge in [0.1, 0.15) is 0 Å². The van der Waals surface area contributed by atoms with Gasteiger partial charge in [0.25, 0.3) is 0 Å². The third-order valence-corrected chi connectivity index (χ3v) is 10.6. The SMILES string of the molecule is N#Cc1ccc(C#N)c(-c2c(-n3c4ccc(-c5ccccc5)cc4c4cc(-c5ccccc5)ccc43)ccc3c4ccccc4n(-c4ccccc4)c23)c1. The van der Waals surface area contributed by atoms with Gasteiger partial charge in [0.05, 0.1) is 51.0 Å². The van der Waals surface area contributed by atoms with Gasteiger partial charge in [-0.25, -0.2) is 0 Å². The Labute approximate surface area is 312 Å². The van der Waals surface area contributed by atoms with Gasteiger partial charge >= 0.3 is 0 Å². The number of aromatic nitrogens is 2. The van der Waals surface area contributed by atoms with Crippen molar-refractivity contribution in [3.63, 3.8) is 0 Å². The van der Waals surface area contributed by atoms with E-state index >= 15 is 0 Å². The van der Waals surface area contributed by atoms with Crippen molar-refractivity contribution in [1.82, 2.24) is 9.13 Å². The minimum absolute atomic E-state index is 0.497. The first-order chi connectivity index (χ1) is 26.7. The molecule has 0 amide bonds. The molecule has 0 bridgehead atoms. The molecule has 0 atom stereocenters. The lowest BCUT2D eigenvalue weighted by molar-refractivity contribution is 1.16. The molecule has 0 radical (unpaired) electrons. The molecular formula is C50H30N4. The molecule has 0 unspecified atom stereocenters. The van der Waals surface area contributed by atoms with Gasteiger partial charge in [-0.1, -0.05) is 115 Å². The van der Waals surface area contributed by atoms with Crippen LogP contribution in [-0.2, 0) is 0 Å². The highest BCUT2D eigenvalue weighted by Gasteiger charge is 2.25. The van der Waals surface area contributed by atoms with Crippen LogP contribution in [-0.4, -0.2) is 9.13 Å². The number of para-hydroxylation sites is 2. The van der Waals surface area contributed by atoms with E-state index in [-0.39, 0.29) is 0 Å². The Morgan fingerprint density at radius 2 is 0.963 bits per heavy atom. The van der Waals surface area contributed by atoms with Crippen LogP contribution in [0.25, 0.3) is 88.4 Å². The summed E-state index contributed by atoms with van der Waals surface area (Å²) in [5.74, 6) is 0. The van der Waals surface area contributed by atoms with E-state index in [1.165, 1.54) is 0 Å². The molecule has 0 fully saturated rings. The Hall–Kier alpha value is -7.66. The molecular weight excluding hydrogens is 657 g/mol. The zero-order valence-electron chi connectivity index (χ0n) is 29.1. The van der Waals surface area contributed by atoms with Crippen LogP contribution >= 0.6 is 0 Å². The predicted octanol–water partition coefficient (Wildman–Crippen LogP) is 12.6. The summed E-state index contributed by atoms with van der Waals surface area (Å²) < 4.78 is 4.65. The van der Waals surface area contributed by atoms with E-state index in [0.717, 1.165) is 82.8 Å². The van der Waals surface area contributed by atoms with Gasteiger partial charge in [0.15, 0.2) is 0 Å². The van der Waals surface area contributed by atoms with Crippen LogP contribution in [0.5, 0.6) is 0 Å². The second-order valence-corrected chi connectivity index (χ2v) is 13.6. The summed E-state index contributed by atoms with van der Waals surface area (Å²) in [6, 6.07) is 67.8. The lowest BCUT2D eigenvalue weighted by atomic mass is 9.94. The fourth-order valence-corrected chi connectivity index (χ4v) is 8.17. The standard InChI is InChI=1S/C50H30N4/c51-31-33-20-21-38(32-52)42(28-33)49-48(27-24-41-40-18-10-11-19-45(40)53(50(41)49)39-16-8-3-9-17-39)54-46-25-22-36(34-12-4-1-5-13-34)29-43(46)44-30-37(23-26-47(44)54)35-14-6-2-7-15-35/h1-30H. The molecule has 250 valence electrons. The van der Waals surface area contributed by atoms with Crippen LogP contribution in [0.3, 0.4) is 0 Å². The molecule has 2 heterocycles. The molecule has 2 aromatic heterocycles. The predicted molar refractivity (Wildman–Crippen MR) is 221 cm³/mol. The molecule has 0 saturated carbocycles. The number of benzene rings is 8. The molecule has 0 N–H and O–H groups in total. The summed E-state index contributed by atoms with van der Waals surface area (Å²) in [5, 5.41) is 25.2. The van der Waals surface area contributed by atoms with Crippen molar-refractivity contribution >= 4 is 43.6 Å². The maximum absolute atomic E-state index is 10.6. The highest BCUT2D eigenvalue weighted by atomic mass is 15.0. The van der Waals surface area contributed by atoms with Crippen molar-refractivity contribution in [2.45, 2.75) is 0 Å². The average Bonchev–Trinajstić information content (AvgIpc) is 3.76. The third kappa shape index (κ3) is 4.83. The molecule has 0 aliphatic rings. The molecule has 0 saturated heterocycles. The minimum atomic E-state index is 0.497. The van der Waals surface area contributed by atoms with Crippen molar-refractivity contribution in [2.24, 2.45) is 0 Å². The number of hydrogen-bond donors (Lipinski definition) is 0. The number of nitriles is 2. The maximum Gasteiger partial charge on any atom is 0.0998 e. The van der Waals surface area contributed by atoms with Crippen LogP contribution < -0.4 is 0 Å². The Kier molecular flexibility index (Phi) is 7.22. The number of fused-ring (bicyclic) bond motifs is 6. The minimum Gasteiger partial charge on any atom is -0.309 e. The van der Waals surface area contributed by atoms with E-state index in [9.17, 15) is 10.5 Å². The quantitative estimate of drug-likeness (QED) is 0.181. The smallest absolute Gasteiger partial charge is 0.0998 e. The van der Waals surface area contributed by atoms with Crippen molar-refractivity contribution < 1.29 is 0 Å². The van der Waals surface area contributed by atoms with Crippen molar-refractivity contribution in [3.8, 4) is 56.9 Å². The third-order valence-electron chi connectivity index (χ3n) is 10.6. The van der Waals surface area contributed by atoms with E-state index < -0.39 is 0 Å². The number of nitrogens with zero attached hydrogens (tertiary/aromatic N) is 4. The summed E-state index contributed by atoms with van der Waals surface area (Å²) >= 11 is 0. The number of hydrogen-bond acceptors (Lipinski definition) is 2. The van der Waals surface area contributed by atoms with E-state index in [2.05, 4.69) is 167 Å². The zero-order chi connectivity index (χ0) is 36.2. The molecule has 0 aliphatic carbocycles. The summed E-state index contributed by atoms with van der Waals surface area (Å²) in [6.45, 7) is 0. The Morgan fingerprint density at radius 1 is 0.389 bits per heavy atom. The molecule has 4 heteroatoms. The lowest BCUT2D eigenvalue weighted by Crippen LogP contribution is -2.02. The monoisotopic (exact) mass is 686 g/mol. The first-order valence-corrected chi connectivity index (χ1v) is 18.0. The zero-order valence-corrected chi connectivity index (χ0v) is 29.1. The molecule has 54 heavy (non-hydrogen) atoms. The van der Waals surface area contributed by atoms with E-state index in [0.29, 0.717) is 16.7 Å². The van der Waals surface area contributed by atoms with Gasteiger partial charge in [-0.15, -0.1) is 0 Å². The second-order valence-electron chi connectivity index (χ2n) is 13.6. The van der Waals surface area contributed by atoms with Gasteiger partial charge in [0, 0.05) is 38.4 Å². The van der Waals surface area contributed by atoms with Gasteiger partial charge in [-0.2, -0.15) is 10.5 Å². The topological polar surface area (TPSA) is 57.4 Å². The largest absolute Gasteiger partial charge is 0.309 e. The van der Waals surface area contributed by atoms with Crippen LogP contribution in [0.4, 0.5) is 0 Å². The van der Waals surface area contributed by atoms with E-state index in [1.54, 1.807) is 12.1 Å². The fraction of sp³-hybridized carbons (Fsp3) is 0. The lowest BCUT2D eigenvalue weighted by Gasteiger charge is -2.19.